The molecule has 0 saturated carbocycles. The van der Waals surface area contributed by atoms with E-state index in [1.807, 2.05) is 31.2 Å². The van der Waals surface area contributed by atoms with Crippen LogP contribution in [0.4, 0.5) is 5.69 Å². The van der Waals surface area contributed by atoms with E-state index in [-0.39, 0.29) is 5.91 Å². The smallest absolute Gasteiger partial charge is 0.261 e. The lowest BCUT2D eigenvalue weighted by atomic mass is 10.2. The van der Waals surface area contributed by atoms with E-state index in [0.717, 1.165) is 11.3 Å². The second-order valence-electron chi connectivity index (χ2n) is 3.91. The summed E-state index contributed by atoms with van der Waals surface area (Å²) >= 11 is 0. The van der Waals surface area contributed by atoms with Gasteiger partial charge in [0.15, 0.2) is 0 Å². The third kappa shape index (κ3) is 2.41. The van der Waals surface area contributed by atoms with Crippen molar-refractivity contribution in [2.45, 2.75) is 13.5 Å². The Kier molecular flexibility index (Phi) is 3.74. The second kappa shape index (κ2) is 5.46. The van der Waals surface area contributed by atoms with Crippen LogP contribution < -0.4 is 10.6 Å². The lowest BCUT2D eigenvalue weighted by Gasteiger charge is -2.20. The minimum Gasteiger partial charge on any atom is -0.326 e. The Morgan fingerprint density at radius 3 is 2.61 bits per heavy atom. The molecule has 1 aromatic heterocycles. The summed E-state index contributed by atoms with van der Waals surface area (Å²) in [7, 11) is 0. The summed E-state index contributed by atoms with van der Waals surface area (Å²) in [5.41, 5.74) is 8.02. The zero-order valence-electron chi connectivity index (χ0n) is 10.3. The number of nitrogens with zero attached hydrogens (tertiary/aromatic N) is 2. The fourth-order valence-electron chi connectivity index (χ4n) is 1.78. The number of carbonyl (C=O) groups is 1. The van der Waals surface area contributed by atoms with E-state index in [1.54, 1.807) is 11.1 Å². The molecule has 0 fully saturated rings. The molecule has 1 amide bonds. The van der Waals surface area contributed by atoms with E-state index in [4.69, 9.17) is 5.73 Å². The highest BCUT2D eigenvalue weighted by molar-refractivity contribution is 6.05. The van der Waals surface area contributed by atoms with Crippen molar-refractivity contribution in [1.82, 2.24) is 10.2 Å². The number of hydrogen-bond donors (Lipinski definition) is 2. The van der Waals surface area contributed by atoms with Gasteiger partial charge < -0.3 is 10.6 Å². The van der Waals surface area contributed by atoms with Crippen LogP contribution in [0.1, 0.15) is 22.8 Å². The summed E-state index contributed by atoms with van der Waals surface area (Å²) < 4.78 is 0. The van der Waals surface area contributed by atoms with E-state index in [0.29, 0.717) is 18.7 Å². The molecule has 0 aliphatic carbocycles. The minimum atomic E-state index is -0.0632. The number of aromatic amines is 1. The molecule has 0 saturated heterocycles. The molecule has 0 aliphatic rings. The molecule has 1 aromatic carbocycles. The summed E-state index contributed by atoms with van der Waals surface area (Å²) in [5, 5.41) is 6.44. The number of rotatable bonds is 4. The number of hydrogen-bond acceptors (Lipinski definition) is 3. The van der Waals surface area contributed by atoms with Crippen molar-refractivity contribution < 1.29 is 4.79 Å². The summed E-state index contributed by atoms with van der Waals surface area (Å²) in [5.74, 6) is -0.0632. The molecule has 1 heterocycles. The van der Waals surface area contributed by atoms with Crippen LogP contribution in [0.25, 0.3) is 0 Å². The van der Waals surface area contributed by atoms with Gasteiger partial charge in [-0.25, -0.2) is 0 Å². The van der Waals surface area contributed by atoms with Crippen LogP contribution in [0.15, 0.2) is 36.7 Å². The molecule has 0 bridgehead atoms. The third-order valence-corrected chi connectivity index (χ3v) is 2.79. The molecule has 0 spiro atoms. The van der Waals surface area contributed by atoms with Gasteiger partial charge >= 0.3 is 0 Å². The van der Waals surface area contributed by atoms with Gasteiger partial charge in [-0.2, -0.15) is 5.10 Å². The monoisotopic (exact) mass is 244 g/mol. The van der Waals surface area contributed by atoms with Crippen molar-refractivity contribution in [2.24, 2.45) is 5.73 Å². The Morgan fingerprint density at radius 2 is 2.11 bits per heavy atom. The lowest BCUT2D eigenvalue weighted by molar-refractivity contribution is 0.0988. The standard InChI is InChI=1S/C13H16N4O/c1-2-17(13(18)11-8-15-16-9-11)12-5-3-10(7-14)4-6-12/h3-6,8-9H,2,7,14H2,1H3,(H,15,16). The lowest BCUT2D eigenvalue weighted by Crippen LogP contribution is -2.30. The van der Waals surface area contributed by atoms with Crippen LogP contribution in [0, 0.1) is 0 Å². The molecule has 0 unspecified atom stereocenters. The van der Waals surface area contributed by atoms with Gasteiger partial charge in [-0.3, -0.25) is 9.89 Å². The van der Waals surface area contributed by atoms with Crippen LogP contribution in [-0.4, -0.2) is 22.6 Å². The maximum atomic E-state index is 12.2. The van der Waals surface area contributed by atoms with Gasteiger partial charge in [-0.1, -0.05) is 12.1 Å². The largest absolute Gasteiger partial charge is 0.326 e. The van der Waals surface area contributed by atoms with Gasteiger partial charge in [0.25, 0.3) is 5.91 Å². The molecular weight excluding hydrogens is 228 g/mol. The third-order valence-electron chi connectivity index (χ3n) is 2.79. The normalized spacial score (nSPS) is 10.3. The van der Waals surface area contributed by atoms with E-state index in [9.17, 15) is 4.79 Å². The predicted molar refractivity (Wildman–Crippen MR) is 70.3 cm³/mol. The van der Waals surface area contributed by atoms with Crippen LogP contribution in [0.5, 0.6) is 0 Å². The van der Waals surface area contributed by atoms with Crippen molar-refractivity contribution in [3.63, 3.8) is 0 Å². The first-order valence-electron chi connectivity index (χ1n) is 5.86. The van der Waals surface area contributed by atoms with E-state index >= 15 is 0 Å². The summed E-state index contributed by atoms with van der Waals surface area (Å²) in [6.45, 7) is 3.04. The van der Waals surface area contributed by atoms with Gasteiger partial charge in [0.1, 0.15) is 0 Å². The van der Waals surface area contributed by atoms with Crippen molar-refractivity contribution in [3.05, 3.63) is 47.8 Å². The number of amides is 1. The van der Waals surface area contributed by atoms with Crippen LogP contribution in [-0.2, 0) is 6.54 Å². The molecule has 0 radical (unpaired) electrons. The molecular formula is C13H16N4O. The Balaban J connectivity index is 2.24. The Morgan fingerprint density at radius 1 is 1.39 bits per heavy atom. The number of anilines is 1. The second-order valence-corrected chi connectivity index (χ2v) is 3.91. The molecule has 2 rings (SSSR count). The number of nitrogens with one attached hydrogen (secondary N) is 1. The van der Waals surface area contributed by atoms with Crippen LogP contribution >= 0.6 is 0 Å². The van der Waals surface area contributed by atoms with Crippen molar-refractivity contribution >= 4 is 11.6 Å². The maximum Gasteiger partial charge on any atom is 0.261 e. The number of nitrogens with two attached hydrogens (primary N) is 1. The zero-order valence-corrected chi connectivity index (χ0v) is 10.3. The number of H-pyrrole nitrogens is 1. The molecule has 18 heavy (non-hydrogen) atoms. The van der Waals surface area contributed by atoms with Gasteiger partial charge in [0.05, 0.1) is 11.8 Å². The summed E-state index contributed by atoms with van der Waals surface area (Å²) in [6, 6.07) is 7.68. The first-order valence-corrected chi connectivity index (χ1v) is 5.86. The van der Waals surface area contributed by atoms with Crippen LogP contribution in [0.3, 0.4) is 0 Å². The zero-order chi connectivity index (χ0) is 13.0. The number of carbonyl (C=O) groups excluding carboxylic acids is 1. The molecule has 2 aromatic rings. The van der Waals surface area contributed by atoms with Crippen molar-refractivity contribution in [3.8, 4) is 0 Å². The highest BCUT2D eigenvalue weighted by atomic mass is 16.2. The van der Waals surface area contributed by atoms with E-state index < -0.39 is 0 Å². The summed E-state index contributed by atoms with van der Waals surface area (Å²) in [4.78, 5) is 13.9. The maximum absolute atomic E-state index is 12.2. The first-order chi connectivity index (χ1) is 8.76. The first kappa shape index (κ1) is 12.3. The highest BCUT2D eigenvalue weighted by Gasteiger charge is 2.16. The molecule has 5 heteroatoms. The van der Waals surface area contributed by atoms with Gasteiger partial charge in [-0.05, 0) is 24.6 Å². The van der Waals surface area contributed by atoms with Gasteiger partial charge in [0, 0.05) is 25.0 Å². The summed E-state index contributed by atoms with van der Waals surface area (Å²) in [6.07, 6.45) is 3.12. The van der Waals surface area contributed by atoms with Crippen molar-refractivity contribution in [2.75, 3.05) is 11.4 Å². The Hall–Kier alpha value is -2.14. The highest BCUT2D eigenvalue weighted by Crippen LogP contribution is 2.17. The predicted octanol–water partition coefficient (Wildman–Crippen LogP) is 1.54. The van der Waals surface area contributed by atoms with Crippen molar-refractivity contribution in [1.29, 1.82) is 0 Å². The quantitative estimate of drug-likeness (QED) is 0.856. The average molecular weight is 244 g/mol. The molecule has 94 valence electrons. The average Bonchev–Trinajstić information content (AvgIpc) is 2.94. The number of aromatic nitrogens is 2. The van der Waals surface area contributed by atoms with Gasteiger partial charge in [0.2, 0.25) is 0 Å². The topological polar surface area (TPSA) is 75.0 Å². The fourth-order valence-corrected chi connectivity index (χ4v) is 1.78. The molecule has 3 N–H and O–H groups in total. The van der Waals surface area contributed by atoms with E-state index in [2.05, 4.69) is 10.2 Å². The minimum absolute atomic E-state index is 0.0632. The SMILES string of the molecule is CCN(C(=O)c1cn[nH]c1)c1ccc(CN)cc1. The molecule has 0 atom stereocenters. The Labute approximate surface area is 106 Å². The Bertz CT molecular complexity index is 504. The molecule has 5 nitrogen and oxygen atoms in total. The van der Waals surface area contributed by atoms with Crippen LogP contribution in [0.2, 0.25) is 0 Å². The number of benzene rings is 1. The van der Waals surface area contributed by atoms with Gasteiger partial charge in [-0.15, -0.1) is 0 Å². The molecule has 0 aliphatic heterocycles. The van der Waals surface area contributed by atoms with E-state index in [1.165, 1.54) is 6.20 Å². The fraction of sp³-hybridized carbons (Fsp3) is 0.231.